The van der Waals surface area contributed by atoms with Crippen LogP contribution in [0.5, 0.6) is 11.5 Å². The van der Waals surface area contributed by atoms with Crippen molar-refractivity contribution in [1.29, 1.82) is 0 Å². The second-order valence-electron chi connectivity index (χ2n) is 7.02. The van der Waals surface area contributed by atoms with Crippen LogP contribution in [0.1, 0.15) is 44.4 Å². The first kappa shape index (κ1) is 20.7. The van der Waals surface area contributed by atoms with Gasteiger partial charge < -0.3 is 20.5 Å². The molecule has 1 unspecified atom stereocenters. The Kier molecular flexibility index (Phi) is 7.61. The maximum absolute atomic E-state index is 12.2. The number of nitrogens with one attached hydrogen (secondary N) is 1. The molecule has 0 aliphatic rings. The molecule has 0 fully saturated rings. The van der Waals surface area contributed by atoms with Gasteiger partial charge in [-0.3, -0.25) is 9.78 Å². The van der Waals surface area contributed by atoms with Gasteiger partial charge in [0.2, 0.25) is 5.91 Å². The highest BCUT2D eigenvalue weighted by molar-refractivity contribution is 5.81. The van der Waals surface area contributed by atoms with Gasteiger partial charge in [-0.25, -0.2) is 0 Å². The Hall–Kier alpha value is -2.60. The second-order valence-corrected chi connectivity index (χ2v) is 7.02. The molecule has 2 atom stereocenters. The summed E-state index contributed by atoms with van der Waals surface area (Å²) in [6.07, 6.45) is 4.12. The van der Waals surface area contributed by atoms with E-state index in [1.807, 2.05) is 51.1 Å². The molecule has 1 amide bonds. The molecular weight excluding hydrogens is 342 g/mol. The summed E-state index contributed by atoms with van der Waals surface area (Å²) in [6, 6.07) is 8.77. The zero-order valence-corrected chi connectivity index (χ0v) is 16.4. The van der Waals surface area contributed by atoms with Crippen molar-refractivity contribution in [1.82, 2.24) is 10.3 Å². The van der Waals surface area contributed by atoms with Gasteiger partial charge in [-0.1, -0.05) is 19.9 Å². The lowest BCUT2D eigenvalue weighted by molar-refractivity contribution is -0.123. The molecule has 0 spiro atoms. The van der Waals surface area contributed by atoms with Crippen LogP contribution in [0.3, 0.4) is 0 Å². The normalized spacial score (nSPS) is 13.1. The molecule has 1 heterocycles. The number of hydrogen-bond donors (Lipinski definition) is 2. The second kappa shape index (κ2) is 9.92. The lowest BCUT2D eigenvalue weighted by atomic mass is 10.0. The van der Waals surface area contributed by atoms with E-state index in [1.54, 1.807) is 19.5 Å². The summed E-state index contributed by atoms with van der Waals surface area (Å²) in [5.41, 5.74) is 7.91. The van der Waals surface area contributed by atoms with Crippen LogP contribution in [0.2, 0.25) is 0 Å². The van der Waals surface area contributed by atoms with E-state index in [4.69, 9.17) is 15.2 Å². The zero-order valence-electron chi connectivity index (χ0n) is 16.4. The highest BCUT2D eigenvalue weighted by Gasteiger charge is 2.18. The predicted molar refractivity (Wildman–Crippen MR) is 106 cm³/mol. The minimum atomic E-state index is -0.502. The van der Waals surface area contributed by atoms with E-state index in [0.29, 0.717) is 30.4 Å². The third-order valence-corrected chi connectivity index (χ3v) is 4.25. The number of hydrogen-bond acceptors (Lipinski definition) is 5. The number of nitrogens with zero attached hydrogens (tertiary/aromatic N) is 1. The Morgan fingerprint density at radius 1 is 1.15 bits per heavy atom. The van der Waals surface area contributed by atoms with Crippen molar-refractivity contribution in [2.24, 2.45) is 11.7 Å². The van der Waals surface area contributed by atoms with E-state index in [9.17, 15) is 4.79 Å². The molecule has 1 aromatic heterocycles. The molecule has 6 nitrogen and oxygen atoms in total. The van der Waals surface area contributed by atoms with Crippen molar-refractivity contribution in [3.05, 3.63) is 53.9 Å². The van der Waals surface area contributed by atoms with Crippen molar-refractivity contribution in [3.8, 4) is 11.5 Å². The average Bonchev–Trinajstić information content (AvgIpc) is 2.66. The van der Waals surface area contributed by atoms with Gasteiger partial charge >= 0.3 is 0 Å². The Labute approximate surface area is 161 Å². The van der Waals surface area contributed by atoms with Crippen molar-refractivity contribution in [3.63, 3.8) is 0 Å². The topological polar surface area (TPSA) is 86.5 Å². The van der Waals surface area contributed by atoms with Gasteiger partial charge in [-0.2, -0.15) is 0 Å². The summed E-state index contributed by atoms with van der Waals surface area (Å²) in [5.74, 6) is 1.49. The van der Waals surface area contributed by atoms with Crippen LogP contribution >= 0.6 is 0 Å². The summed E-state index contributed by atoms with van der Waals surface area (Å²) in [7, 11) is 1.60. The van der Waals surface area contributed by atoms with E-state index < -0.39 is 6.04 Å². The SMILES string of the molecule is COc1cc(C(C)NC(=O)[C@@H](N)CC(C)C)ccc1OCc1ccncc1. The fourth-order valence-electron chi connectivity index (χ4n) is 2.73. The smallest absolute Gasteiger partial charge is 0.237 e. The summed E-state index contributed by atoms with van der Waals surface area (Å²) in [4.78, 5) is 16.2. The Balaban J connectivity index is 2.02. The van der Waals surface area contributed by atoms with Crippen molar-refractivity contribution in [2.45, 2.75) is 45.9 Å². The molecule has 3 N–H and O–H groups in total. The van der Waals surface area contributed by atoms with Crippen molar-refractivity contribution < 1.29 is 14.3 Å². The third-order valence-electron chi connectivity index (χ3n) is 4.25. The summed E-state index contributed by atoms with van der Waals surface area (Å²) < 4.78 is 11.3. The van der Waals surface area contributed by atoms with Gasteiger partial charge in [0.1, 0.15) is 6.61 Å². The number of pyridine rings is 1. The van der Waals surface area contributed by atoms with Crippen LogP contribution in [0.25, 0.3) is 0 Å². The first-order valence-electron chi connectivity index (χ1n) is 9.16. The number of benzene rings is 1. The molecule has 1 aromatic carbocycles. The van der Waals surface area contributed by atoms with Gasteiger partial charge in [-0.05, 0) is 54.7 Å². The molecule has 2 rings (SSSR count). The van der Waals surface area contributed by atoms with E-state index in [1.165, 1.54) is 0 Å². The Bertz CT molecular complexity index is 735. The van der Waals surface area contributed by atoms with Crippen LogP contribution < -0.4 is 20.5 Å². The lowest BCUT2D eigenvalue weighted by Gasteiger charge is -2.20. The Morgan fingerprint density at radius 2 is 1.85 bits per heavy atom. The highest BCUT2D eigenvalue weighted by atomic mass is 16.5. The quantitative estimate of drug-likeness (QED) is 0.707. The number of aromatic nitrogens is 1. The fraction of sp³-hybridized carbons (Fsp3) is 0.429. The van der Waals surface area contributed by atoms with Gasteiger partial charge in [0, 0.05) is 12.4 Å². The molecule has 0 saturated carbocycles. The lowest BCUT2D eigenvalue weighted by Crippen LogP contribution is -2.42. The monoisotopic (exact) mass is 371 g/mol. The summed E-state index contributed by atoms with van der Waals surface area (Å²) in [5, 5.41) is 2.96. The van der Waals surface area contributed by atoms with E-state index >= 15 is 0 Å². The predicted octanol–water partition coefficient (Wildman–Crippen LogP) is 3.22. The largest absolute Gasteiger partial charge is 0.493 e. The van der Waals surface area contributed by atoms with Crippen LogP contribution in [-0.2, 0) is 11.4 Å². The Morgan fingerprint density at radius 3 is 2.48 bits per heavy atom. The minimum absolute atomic E-state index is 0.145. The van der Waals surface area contributed by atoms with Crippen LogP contribution in [0.4, 0.5) is 0 Å². The van der Waals surface area contributed by atoms with Crippen LogP contribution in [0.15, 0.2) is 42.7 Å². The number of rotatable bonds is 9. The molecule has 27 heavy (non-hydrogen) atoms. The molecule has 0 aliphatic heterocycles. The number of amides is 1. The minimum Gasteiger partial charge on any atom is -0.493 e. The van der Waals surface area contributed by atoms with Crippen LogP contribution in [-0.4, -0.2) is 24.0 Å². The summed E-state index contributed by atoms with van der Waals surface area (Å²) >= 11 is 0. The van der Waals surface area contributed by atoms with Crippen LogP contribution in [0, 0.1) is 5.92 Å². The molecule has 0 bridgehead atoms. The van der Waals surface area contributed by atoms with E-state index in [-0.39, 0.29) is 11.9 Å². The molecule has 0 saturated heterocycles. The van der Waals surface area contributed by atoms with Gasteiger partial charge in [0.25, 0.3) is 0 Å². The number of methoxy groups -OCH3 is 1. The molecule has 0 radical (unpaired) electrons. The van der Waals surface area contributed by atoms with Crippen molar-refractivity contribution in [2.75, 3.05) is 7.11 Å². The maximum atomic E-state index is 12.2. The highest BCUT2D eigenvalue weighted by Crippen LogP contribution is 2.31. The molecule has 0 aliphatic carbocycles. The number of ether oxygens (including phenoxy) is 2. The van der Waals surface area contributed by atoms with E-state index in [0.717, 1.165) is 11.1 Å². The zero-order chi connectivity index (χ0) is 19.8. The number of carbonyl (C=O) groups is 1. The van der Waals surface area contributed by atoms with Crippen molar-refractivity contribution >= 4 is 5.91 Å². The standard InChI is InChI=1S/C21H29N3O3/c1-14(2)11-18(22)21(25)24-15(3)17-5-6-19(20(12-17)26-4)27-13-16-7-9-23-10-8-16/h5-10,12,14-15,18H,11,13,22H2,1-4H3,(H,24,25)/t15?,18-/m0/s1. The first-order chi connectivity index (χ1) is 12.9. The van der Waals surface area contributed by atoms with Gasteiger partial charge in [0.15, 0.2) is 11.5 Å². The van der Waals surface area contributed by atoms with E-state index in [2.05, 4.69) is 10.3 Å². The molecular formula is C21H29N3O3. The number of carbonyl (C=O) groups excluding carboxylic acids is 1. The average molecular weight is 371 g/mol. The molecule has 6 heteroatoms. The molecule has 2 aromatic rings. The maximum Gasteiger partial charge on any atom is 0.237 e. The third kappa shape index (κ3) is 6.25. The van der Waals surface area contributed by atoms with Gasteiger partial charge in [-0.15, -0.1) is 0 Å². The molecule has 146 valence electrons. The first-order valence-corrected chi connectivity index (χ1v) is 9.16. The summed E-state index contributed by atoms with van der Waals surface area (Å²) in [6.45, 7) is 6.44. The van der Waals surface area contributed by atoms with Gasteiger partial charge in [0.05, 0.1) is 19.2 Å². The fourth-order valence-corrected chi connectivity index (χ4v) is 2.73. The number of nitrogens with two attached hydrogens (primary N) is 1.